The van der Waals surface area contributed by atoms with Crippen LogP contribution >= 0.6 is 0 Å². The van der Waals surface area contributed by atoms with Gasteiger partial charge >= 0.3 is 0 Å². The Morgan fingerprint density at radius 2 is 1.89 bits per heavy atom. The summed E-state index contributed by atoms with van der Waals surface area (Å²) in [5.74, 6) is 1.03. The Hall–Kier alpha value is -3.26. The largest absolute Gasteiger partial charge is 0.507 e. The van der Waals surface area contributed by atoms with Crippen molar-refractivity contribution in [3.63, 3.8) is 0 Å². The fourth-order valence-electron chi connectivity index (χ4n) is 5.23. The minimum absolute atomic E-state index is 0.0591. The van der Waals surface area contributed by atoms with E-state index in [9.17, 15) is 5.11 Å². The molecular weight excluding hydrogens is 438 g/mol. The Morgan fingerprint density at radius 1 is 1.17 bits per heavy atom. The number of phenols is 1. The van der Waals surface area contributed by atoms with Crippen molar-refractivity contribution in [2.75, 3.05) is 7.05 Å². The van der Waals surface area contributed by atoms with Crippen molar-refractivity contribution in [2.24, 2.45) is 10.2 Å². The molecule has 35 heavy (non-hydrogen) atoms. The Balaban J connectivity index is 1.55. The van der Waals surface area contributed by atoms with E-state index in [1.807, 2.05) is 42.8 Å². The molecule has 1 aliphatic rings. The fraction of sp³-hybridized carbons (Fsp3) is 0.481. The molecule has 3 aromatic rings. The molecule has 1 aliphatic heterocycles. The van der Waals surface area contributed by atoms with Gasteiger partial charge in [0.05, 0.1) is 17.6 Å². The van der Waals surface area contributed by atoms with Gasteiger partial charge in [-0.1, -0.05) is 13.0 Å². The van der Waals surface area contributed by atoms with E-state index in [1.165, 1.54) is 0 Å². The van der Waals surface area contributed by atoms with E-state index in [2.05, 4.69) is 65.1 Å². The molecule has 1 fully saturated rings. The van der Waals surface area contributed by atoms with Crippen LogP contribution < -0.4 is 5.32 Å². The molecule has 0 bridgehead atoms. The van der Waals surface area contributed by atoms with Gasteiger partial charge in [0.2, 0.25) is 0 Å². The molecule has 8 heteroatoms. The van der Waals surface area contributed by atoms with Gasteiger partial charge < -0.3 is 19.7 Å². The molecule has 1 saturated heterocycles. The molecule has 3 heterocycles. The highest BCUT2D eigenvalue weighted by Crippen LogP contribution is 2.31. The van der Waals surface area contributed by atoms with Gasteiger partial charge in [-0.3, -0.25) is 4.98 Å². The molecule has 0 spiro atoms. The summed E-state index contributed by atoms with van der Waals surface area (Å²) >= 11 is 0. The Morgan fingerprint density at radius 3 is 2.54 bits per heavy atom. The quantitative estimate of drug-likeness (QED) is 0.312. The van der Waals surface area contributed by atoms with Crippen LogP contribution in [0.4, 0.5) is 0 Å². The van der Waals surface area contributed by atoms with E-state index in [1.54, 1.807) is 18.5 Å². The number of rotatable bonds is 5. The number of nitrogens with one attached hydrogen (secondary N) is 1. The lowest BCUT2D eigenvalue weighted by Gasteiger charge is -2.49. The summed E-state index contributed by atoms with van der Waals surface area (Å²) in [6.07, 6.45) is 9.95. The first kappa shape index (κ1) is 24.9. The Bertz CT molecular complexity index is 1260. The third kappa shape index (κ3) is 5.53. The molecule has 0 radical (unpaired) electrons. The number of phenolic OH excluding ortho intramolecular Hbond substituents is 1. The number of amidine groups is 1. The summed E-state index contributed by atoms with van der Waals surface area (Å²) in [6.45, 7) is 13.0. The third-order valence-corrected chi connectivity index (χ3v) is 6.76. The van der Waals surface area contributed by atoms with E-state index in [4.69, 9.17) is 0 Å². The maximum Gasteiger partial charge on any atom is 0.155 e. The van der Waals surface area contributed by atoms with Crippen LogP contribution in [0, 0.1) is 0 Å². The Labute approximate surface area is 207 Å². The molecule has 8 nitrogen and oxygen atoms in total. The van der Waals surface area contributed by atoms with Gasteiger partial charge in [0, 0.05) is 53.9 Å². The molecule has 0 atom stereocenters. The van der Waals surface area contributed by atoms with Gasteiger partial charge in [0.25, 0.3) is 0 Å². The van der Waals surface area contributed by atoms with Gasteiger partial charge in [-0.15, -0.1) is 5.10 Å². The summed E-state index contributed by atoms with van der Waals surface area (Å²) < 4.78 is 1.91. The zero-order valence-corrected chi connectivity index (χ0v) is 21.9. The van der Waals surface area contributed by atoms with Crippen LogP contribution in [-0.4, -0.2) is 60.1 Å². The van der Waals surface area contributed by atoms with Crippen LogP contribution in [0.5, 0.6) is 5.75 Å². The lowest BCUT2D eigenvalue weighted by molar-refractivity contribution is 0.113. The summed E-state index contributed by atoms with van der Waals surface area (Å²) in [4.78, 5) is 10.9. The van der Waals surface area contributed by atoms with Crippen molar-refractivity contribution in [1.29, 1.82) is 0 Å². The molecule has 4 rings (SSSR count). The normalized spacial score (nSPS) is 18.7. The van der Waals surface area contributed by atoms with Crippen LogP contribution in [0.3, 0.4) is 0 Å². The van der Waals surface area contributed by atoms with Crippen LogP contribution in [0.2, 0.25) is 0 Å². The predicted molar refractivity (Wildman–Crippen MR) is 142 cm³/mol. The van der Waals surface area contributed by atoms with Gasteiger partial charge in [0.1, 0.15) is 11.6 Å². The van der Waals surface area contributed by atoms with Gasteiger partial charge in [-0.25, -0.2) is 4.98 Å². The SMILES string of the molecule is CC/C(=N\N=C(/C)N(C)C1CC(C)(C)NC(C)(C)C1)c1ccc(-c2cn3ccnc3cn2)cc1O. The summed E-state index contributed by atoms with van der Waals surface area (Å²) in [6, 6.07) is 5.94. The van der Waals surface area contributed by atoms with Crippen LogP contribution in [0.1, 0.15) is 66.4 Å². The van der Waals surface area contributed by atoms with Crippen molar-refractivity contribution in [3.05, 3.63) is 48.5 Å². The van der Waals surface area contributed by atoms with Gasteiger partial charge in [0.15, 0.2) is 5.65 Å². The highest BCUT2D eigenvalue weighted by molar-refractivity contribution is 6.03. The first-order chi connectivity index (χ1) is 16.5. The van der Waals surface area contributed by atoms with Crippen molar-refractivity contribution in [2.45, 2.75) is 77.9 Å². The first-order valence-corrected chi connectivity index (χ1v) is 12.2. The van der Waals surface area contributed by atoms with Crippen LogP contribution in [0.15, 0.2) is 53.2 Å². The van der Waals surface area contributed by atoms with Gasteiger partial charge in [-0.2, -0.15) is 5.10 Å². The van der Waals surface area contributed by atoms with Crippen molar-refractivity contribution in [1.82, 2.24) is 24.6 Å². The van der Waals surface area contributed by atoms with Crippen molar-refractivity contribution < 1.29 is 5.11 Å². The first-order valence-electron chi connectivity index (χ1n) is 12.2. The zero-order chi connectivity index (χ0) is 25.4. The summed E-state index contributed by atoms with van der Waals surface area (Å²) in [5, 5.41) is 23.7. The standard InChI is InChI=1S/C27H37N7O/c1-8-22(31-30-18(2)33(7)20-14-26(3,4)32-27(5,6)15-20)21-10-9-19(13-24(21)35)23-17-34-12-11-28-25(34)16-29-23/h9-13,16-17,20,32,35H,8,14-15H2,1-7H3/b30-18+,31-22+. The number of aromatic nitrogens is 3. The molecule has 186 valence electrons. The molecular formula is C27H37N7O. The highest BCUT2D eigenvalue weighted by Gasteiger charge is 2.39. The Kier molecular flexibility index (Phi) is 6.68. The van der Waals surface area contributed by atoms with Crippen LogP contribution in [0.25, 0.3) is 16.9 Å². The van der Waals surface area contributed by atoms with E-state index >= 15 is 0 Å². The number of benzene rings is 1. The summed E-state index contributed by atoms with van der Waals surface area (Å²) in [5.41, 5.74) is 3.91. The second-order valence-electron chi connectivity index (χ2n) is 10.8. The van der Waals surface area contributed by atoms with E-state index < -0.39 is 0 Å². The predicted octanol–water partition coefficient (Wildman–Crippen LogP) is 4.88. The molecule has 0 amide bonds. The maximum absolute atomic E-state index is 10.8. The lowest BCUT2D eigenvalue weighted by atomic mass is 9.79. The number of imidazole rings is 1. The number of piperidine rings is 1. The number of aromatic hydroxyl groups is 1. The minimum atomic E-state index is 0.0591. The molecule has 2 aromatic heterocycles. The monoisotopic (exact) mass is 475 g/mol. The number of hydrogen-bond acceptors (Lipinski definition) is 6. The van der Waals surface area contributed by atoms with E-state index in [0.717, 1.165) is 41.3 Å². The van der Waals surface area contributed by atoms with Crippen molar-refractivity contribution >= 4 is 17.2 Å². The molecule has 0 aliphatic carbocycles. The zero-order valence-electron chi connectivity index (χ0n) is 21.9. The van der Waals surface area contributed by atoms with E-state index in [0.29, 0.717) is 18.0 Å². The average molecular weight is 476 g/mol. The number of hydrogen-bond donors (Lipinski definition) is 2. The molecule has 1 aromatic carbocycles. The highest BCUT2D eigenvalue weighted by atomic mass is 16.3. The smallest absolute Gasteiger partial charge is 0.155 e. The maximum atomic E-state index is 10.8. The third-order valence-electron chi connectivity index (χ3n) is 6.76. The average Bonchev–Trinajstić information content (AvgIpc) is 3.25. The fourth-order valence-corrected chi connectivity index (χ4v) is 5.23. The second kappa shape index (κ2) is 9.41. The minimum Gasteiger partial charge on any atom is -0.507 e. The second-order valence-corrected chi connectivity index (χ2v) is 10.8. The number of fused-ring (bicyclic) bond motifs is 1. The van der Waals surface area contributed by atoms with E-state index in [-0.39, 0.29) is 16.8 Å². The molecule has 0 unspecified atom stereocenters. The van der Waals surface area contributed by atoms with Gasteiger partial charge in [-0.05, 0) is 66.0 Å². The number of nitrogens with zero attached hydrogens (tertiary/aromatic N) is 6. The topological polar surface area (TPSA) is 90.4 Å². The van der Waals surface area contributed by atoms with Crippen LogP contribution in [-0.2, 0) is 0 Å². The summed E-state index contributed by atoms with van der Waals surface area (Å²) in [7, 11) is 2.10. The lowest BCUT2D eigenvalue weighted by Crippen LogP contribution is -2.62. The molecule has 2 N–H and O–H groups in total. The molecule has 0 saturated carbocycles. The van der Waals surface area contributed by atoms with Crippen molar-refractivity contribution in [3.8, 4) is 17.0 Å².